The summed E-state index contributed by atoms with van der Waals surface area (Å²) in [6, 6.07) is 10.9. The number of pyridine rings is 1. The molecule has 2 heterocycles. The van der Waals surface area contributed by atoms with Crippen molar-refractivity contribution in [2.24, 2.45) is 0 Å². The van der Waals surface area contributed by atoms with Crippen LogP contribution in [0.2, 0.25) is 0 Å². The van der Waals surface area contributed by atoms with Gasteiger partial charge in [0.15, 0.2) is 0 Å². The molecule has 2 N–H and O–H groups in total. The standard InChI is InChI=1S/C13H9FN6O/c14-11-6-2-5-10(16-11)13(21)15-9-4-1-3-8(7-9)12-17-19-20-18-12/h1-7H,(H,15,21)(H,17,18,19,20). The summed E-state index contributed by atoms with van der Waals surface area (Å²) in [5, 5.41) is 16.2. The number of rotatable bonds is 3. The predicted molar refractivity (Wildman–Crippen MR) is 71.8 cm³/mol. The second-order valence-electron chi connectivity index (χ2n) is 4.12. The molecule has 1 aromatic carbocycles. The molecule has 0 fully saturated rings. The number of hydrogen-bond donors (Lipinski definition) is 2. The van der Waals surface area contributed by atoms with Crippen molar-refractivity contribution >= 4 is 11.6 Å². The molecule has 7 nitrogen and oxygen atoms in total. The third kappa shape index (κ3) is 2.89. The van der Waals surface area contributed by atoms with Crippen molar-refractivity contribution in [1.82, 2.24) is 25.6 Å². The number of benzene rings is 1. The highest BCUT2D eigenvalue weighted by molar-refractivity contribution is 6.03. The highest BCUT2D eigenvalue weighted by Crippen LogP contribution is 2.18. The number of carbonyl (C=O) groups excluding carboxylic acids is 1. The molecule has 0 aliphatic rings. The molecule has 104 valence electrons. The van der Waals surface area contributed by atoms with Gasteiger partial charge < -0.3 is 5.32 Å². The number of anilines is 1. The van der Waals surface area contributed by atoms with E-state index in [-0.39, 0.29) is 5.69 Å². The summed E-state index contributed by atoms with van der Waals surface area (Å²) in [6.45, 7) is 0. The lowest BCUT2D eigenvalue weighted by Crippen LogP contribution is -2.14. The fourth-order valence-corrected chi connectivity index (χ4v) is 1.75. The topological polar surface area (TPSA) is 96.5 Å². The second kappa shape index (κ2) is 5.45. The maximum absolute atomic E-state index is 13.0. The lowest BCUT2D eigenvalue weighted by molar-refractivity contribution is 0.102. The number of amides is 1. The van der Waals surface area contributed by atoms with Crippen LogP contribution in [0.4, 0.5) is 10.1 Å². The number of tetrazole rings is 1. The molecule has 8 heteroatoms. The minimum atomic E-state index is -0.705. The van der Waals surface area contributed by atoms with Gasteiger partial charge in [-0.15, -0.1) is 10.2 Å². The van der Waals surface area contributed by atoms with E-state index in [9.17, 15) is 9.18 Å². The molecule has 2 aromatic heterocycles. The van der Waals surface area contributed by atoms with E-state index in [2.05, 4.69) is 30.9 Å². The van der Waals surface area contributed by atoms with E-state index in [1.165, 1.54) is 18.2 Å². The van der Waals surface area contributed by atoms with Crippen LogP contribution in [0, 0.1) is 5.95 Å². The summed E-state index contributed by atoms with van der Waals surface area (Å²) in [6.07, 6.45) is 0. The van der Waals surface area contributed by atoms with Gasteiger partial charge in [0.1, 0.15) is 5.69 Å². The minimum Gasteiger partial charge on any atom is -0.321 e. The zero-order chi connectivity index (χ0) is 14.7. The number of nitrogens with zero attached hydrogens (tertiary/aromatic N) is 4. The first-order valence-electron chi connectivity index (χ1n) is 6.00. The maximum atomic E-state index is 13.0. The van der Waals surface area contributed by atoms with Crippen molar-refractivity contribution in [3.05, 3.63) is 54.1 Å². The number of nitrogens with one attached hydrogen (secondary N) is 2. The molecule has 0 radical (unpaired) electrons. The Morgan fingerprint density at radius 1 is 1.19 bits per heavy atom. The third-order valence-electron chi connectivity index (χ3n) is 2.67. The zero-order valence-corrected chi connectivity index (χ0v) is 10.6. The molecular weight excluding hydrogens is 275 g/mol. The predicted octanol–water partition coefficient (Wildman–Crippen LogP) is 1.65. The summed E-state index contributed by atoms with van der Waals surface area (Å²) in [7, 11) is 0. The molecule has 0 saturated heterocycles. The number of H-pyrrole nitrogens is 1. The number of halogens is 1. The van der Waals surface area contributed by atoms with Crippen LogP contribution >= 0.6 is 0 Å². The number of hydrogen-bond acceptors (Lipinski definition) is 5. The molecule has 3 rings (SSSR count). The number of aromatic amines is 1. The summed E-state index contributed by atoms with van der Waals surface area (Å²) >= 11 is 0. The normalized spacial score (nSPS) is 10.3. The monoisotopic (exact) mass is 284 g/mol. The first kappa shape index (κ1) is 12.9. The fourth-order valence-electron chi connectivity index (χ4n) is 1.75. The van der Waals surface area contributed by atoms with Gasteiger partial charge in [-0.2, -0.15) is 9.60 Å². The first-order chi connectivity index (χ1) is 10.2. The molecule has 1 amide bonds. The van der Waals surface area contributed by atoms with Crippen molar-refractivity contribution in [3.63, 3.8) is 0 Å². The van der Waals surface area contributed by atoms with Crippen LogP contribution in [0.1, 0.15) is 10.5 Å². The van der Waals surface area contributed by atoms with Crippen LogP contribution < -0.4 is 5.32 Å². The minimum absolute atomic E-state index is 0.0000332. The van der Waals surface area contributed by atoms with Crippen LogP contribution in [0.3, 0.4) is 0 Å². The molecule has 0 unspecified atom stereocenters. The van der Waals surface area contributed by atoms with E-state index in [1.807, 2.05) is 0 Å². The Hall–Kier alpha value is -3.16. The average molecular weight is 284 g/mol. The Labute approximate surface area is 118 Å². The van der Waals surface area contributed by atoms with Crippen molar-refractivity contribution in [2.75, 3.05) is 5.32 Å². The van der Waals surface area contributed by atoms with E-state index in [1.54, 1.807) is 24.3 Å². The zero-order valence-electron chi connectivity index (χ0n) is 10.6. The Bertz CT molecular complexity index is 774. The van der Waals surface area contributed by atoms with Crippen LogP contribution in [-0.4, -0.2) is 31.5 Å². The number of aromatic nitrogens is 5. The summed E-state index contributed by atoms with van der Waals surface area (Å²) in [5.41, 5.74) is 1.21. The maximum Gasteiger partial charge on any atom is 0.274 e. The molecule has 0 atom stereocenters. The SMILES string of the molecule is O=C(Nc1cccc(-c2nn[nH]n2)c1)c1cccc(F)n1. The van der Waals surface area contributed by atoms with Gasteiger partial charge in [0, 0.05) is 11.3 Å². The quantitative estimate of drug-likeness (QED) is 0.713. The van der Waals surface area contributed by atoms with Gasteiger partial charge in [0.25, 0.3) is 5.91 Å². The average Bonchev–Trinajstić information content (AvgIpc) is 3.02. The lowest BCUT2D eigenvalue weighted by atomic mass is 10.2. The van der Waals surface area contributed by atoms with Gasteiger partial charge in [0.2, 0.25) is 11.8 Å². The van der Waals surface area contributed by atoms with Gasteiger partial charge in [0.05, 0.1) is 0 Å². The smallest absolute Gasteiger partial charge is 0.274 e. The van der Waals surface area contributed by atoms with Gasteiger partial charge in [-0.25, -0.2) is 4.98 Å². The van der Waals surface area contributed by atoms with Gasteiger partial charge in [-0.3, -0.25) is 4.79 Å². The van der Waals surface area contributed by atoms with E-state index in [0.29, 0.717) is 17.1 Å². The van der Waals surface area contributed by atoms with Gasteiger partial charge in [-0.05, 0) is 29.5 Å². The van der Waals surface area contributed by atoms with E-state index >= 15 is 0 Å². The van der Waals surface area contributed by atoms with Crippen LogP contribution in [-0.2, 0) is 0 Å². The molecule has 21 heavy (non-hydrogen) atoms. The molecule has 0 spiro atoms. The van der Waals surface area contributed by atoms with Crippen molar-refractivity contribution in [3.8, 4) is 11.4 Å². The van der Waals surface area contributed by atoms with Gasteiger partial charge >= 0.3 is 0 Å². The molecule has 0 aliphatic heterocycles. The first-order valence-corrected chi connectivity index (χ1v) is 6.00. The highest BCUT2D eigenvalue weighted by atomic mass is 19.1. The molecule has 0 bridgehead atoms. The van der Waals surface area contributed by atoms with E-state index in [4.69, 9.17) is 0 Å². The molecule has 3 aromatic rings. The van der Waals surface area contributed by atoms with Crippen LogP contribution in [0.15, 0.2) is 42.5 Å². The third-order valence-corrected chi connectivity index (χ3v) is 2.67. The fraction of sp³-hybridized carbons (Fsp3) is 0. The second-order valence-corrected chi connectivity index (χ2v) is 4.12. The molecular formula is C13H9FN6O. The van der Waals surface area contributed by atoms with Crippen LogP contribution in [0.25, 0.3) is 11.4 Å². The van der Waals surface area contributed by atoms with Crippen molar-refractivity contribution < 1.29 is 9.18 Å². The van der Waals surface area contributed by atoms with Crippen LogP contribution in [0.5, 0.6) is 0 Å². The van der Waals surface area contributed by atoms with Crippen molar-refractivity contribution in [2.45, 2.75) is 0 Å². The van der Waals surface area contributed by atoms with E-state index in [0.717, 1.165) is 0 Å². The lowest BCUT2D eigenvalue weighted by Gasteiger charge is -2.05. The van der Waals surface area contributed by atoms with Crippen molar-refractivity contribution in [1.29, 1.82) is 0 Å². The largest absolute Gasteiger partial charge is 0.321 e. The highest BCUT2D eigenvalue weighted by Gasteiger charge is 2.10. The summed E-state index contributed by atoms with van der Waals surface area (Å²) < 4.78 is 13.0. The van der Waals surface area contributed by atoms with Gasteiger partial charge in [-0.1, -0.05) is 18.2 Å². The summed E-state index contributed by atoms with van der Waals surface area (Å²) in [5.74, 6) is -0.794. The van der Waals surface area contributed by atoms with E-state index < -0.39 is 11.9 Å². The molecule has 0 saturated carbocycles. The Morgan fingerprint density at radius 2 is 2.05 bits per heavy atom. The summed E-state index contributed by atoms with van der Waals surface area (Å²) in [4.78, 5) is 15.5. The number of carbonyl (C=O) groups is 1. The Morgan fingerprint density at radius 3 is 2.81 bits per heavy atom. The Kier molecular flexibility index (Phi) is 3.34. The Balaban J connectivity index is 1.82. The molecule has 0 aliphatic carbocycles.